The maximum absolute atomic E-state index is 6.94. The van der Waals surface area contributed by atoms with Crippen LogP contribution in [0.25, 0.3) is 0 Å². The van der Waals surface area contributed by atoms with E-state index in [1.54, 1.807) is 0 Å². The quantitative estimate of drug-likeness (QED) is 0.268. The molecule has 1 unspecified atom stereocenters. The van der Waals surface area contributed by atoms with Crippen LogP contribution in [0.3, 0.4) is 0 Å². The van der Waals surface area contributed by atoms with Crippen molar-refractivity contribution in [3.05, 3.63) is 0 Å². The zero-order chi connectivity index (χ0) is 16.6. The molecule has 0 saturated heterocycles. The molecule has 0 amide bonds. The minimum atomic E-state index is -0.135. The van der Waals surface area contributed by atoms with Crippen LogP contribution < -0.4 is 0 Å². The van der Waals surface area contributed by atoms with Crippen molar-refractivity contribution in [3.63, 3.8) is 0 Å². The van der Waals surface area contributed by atoms with E-state index in [1.807, 2.05) is 0 Å². The summed E-state index contributed by atoms with van der Waals surface area (Å²) in [6.07, 6.45) is 13.3. The first-order chi connectivity index (χ1) is 9.62. The van der Waals surface area contributed by atoms with E-state index in [-0.39, 0.29) is 15.7 Å². The van der Waals surface area contributed by atoms with Crippen molar-refractivity contribution in [2.45, 2.75) is 118 Å². The number of rotatable bonds is 11. The standard InChI is InChI=1S/C20H41Cl/c1-8-10-12-13-14-15-17-20(16-11-9-2,18(3,4)5)19(6,7)21/h8-17H2,1-7H3. The molecule has 0 fully saturated rings. The molecule has 0 aliphatic heterocycles. The Morgan fingerprint density at radius 1 is 0.619 bits per heavy atom. The fraction of sp³-hybridized carbons (Fsp3) is 1.00. The summed E-state index contributed by atoms with van der Waals surface area (Å²) in [6, 6.07) is 0. The summed E-state index contributed by atoms with van der Waals surface area (Å²) in [5.41, 5.74) is 0.499. The molecule has 0 aliphatic carbocycles. The molecule has 21 heavy (non-hydrogen) atoms. The Kier molecular flexibility index (Phi) is 9.56. The van der Waals surface area contributed by atoms with E-state index >= 15 is 0 Å². The predicted octanol–water partition coefficient (Wildman–Crippen LogP) is 7.98. The fourth-order valence-corrected chi connectivity index (χ4v) is 4.52. The maximum atomic E-state index is 6.94. The molecule has 128 valence electrons. The van der Waals surface area contributed by atoms with E-state index in [9.17, 15) is 0 Å². The molecule has 1 heteroatoms. The van der Waals surface area contributed by atoms with Gasteiger partial charge in [0.05, 0.1) is 0 Å². The van der Waals surface area contributed by atoms with Gasteiger partial charge in [0.25, 0.3) is 0 Å². The van der Waals surface area contributed by atoms with Crippen molar-refractivity contribution in [1.82, 2.24) is 0 Å². The average Bonchev–Trinajstić information content (AvgIpc) is 2.34. The highest BCUT2D eigenvalue weighted by atomic mass is 35.5. The lowest BCUT2D eigenvalue weighted by molar-refractivity contribution is 0.0204. The van der Waals surface area contributed by atoms with E-state index < -0.39 is 0 Å². The summed E-state index contributed by atoms with van der Waals surface area (Å²) in [6.45, 7) is 16.2. The van der Waals surface area contributed by atoms with Gasteiger partial charge < -0.3 is 0 Å². The molecule has 0 N–H and O–H groups in total. The van der Waals surface area contributed by atoms with Gasteiger partial charge in [-0.2, -0.15) is 0 Å². The van der Waals surface area contributed by atoms with Crippen LogP contribution in [0, 0.1) is 10.8 Å². The summed E-state index contributed by atoms with van der Waals surface area (Å²) in [5, 5.41) is 0. The average molecular weight is 317 g/mol. The molecule has 0 nitrogen and oxygen atoms in total. The van der Waals surface area contributed by atoms with E-state index in [2.05, 4.69) is 48.5 Å². The van der Waals surface area contributed by atoms with E-state index in [4.69, 9.17) is 11.6 Å². The van der Waals surface area contributed by atoms with Gasteiger partial charge in [-0.25, -0.2) is 0 Å². The second kappa shape index (κ2) is 9.43. The van der Waals surface area contributed by atoms with Gasteiger partial charge in [-0.3, -0.25) is 0 Å². The lowest BCUT2D eigenvalue weighted by Crippen LogP contribution is -2.49. The summed E-state index contributed by atoms with van der Waals surface area (Å²) in [4.78, 5) is -0.135. The number of hydrogen-bond donors (Lipinski definition) is 0. The SMILES string of the molecule is CCCCCCCCC(CCCC)(C(C)(C)C)C(C)(C)Cl. The summed E-state index contributed by atoms with van der Waals surface area (Å²) >= 11 is 6.94. The lowest BCUT2D eigenvalue weighted by atomic mass is 9.55. The first-order valence-corrected chi connectivity index (χ1v) is 9.69. The Morgan fingerprint density at radius 2 is 1.05 bits per heavy atom. The summed E-state index contributed by atoms with van der Waals surface area (Å²) in [7, 11) is 0. The molecule has 0 saturated carbocycles. The highest BCUT2D eigenvalue weighted by Gasteiger charge is 2.50. The van der Waals surface area contributed by atoms with Crippen LogP contribution in [0.5, 0.6) is 0 Å². The molecule has 0 spiro atoms. The third kappa shape index (κ3) is 6.51. The Labute approximate surface area is 140 Å². The van der Waals surface area contributed by atoms with Crippen molar-refractivity contribution in [3.8, 4) is 0 Å². The normalized spacial score (nSPS) is 16.0. The van der Waals surface area contributed by atoms with Gasteiger partial charge in [0, 0.05) is 4.87 Å². The number of unbranched alkanes of at least 4 members (excludes halogenated alkanes) is 6. The van der Waals surface area contributed by atoms with Crippen molar-refractivity contribution >= 4 is 11.6 Å². The Bertz CT molecular complexity index is 240. The molecule has 1 atom stereocenters. The molecule has 0 bridgehead atoms. The monoisotopic (exact) mass is 316 g/mol. The van der Waals surface area contributed by atoms with Gasteiger partial charge in [-0.1, -0.05) is 86.0 Å². The van der Waals surface area contributed by atoms with Gasteiger partial charge in [-0.05, 0) is 37.5 Å². The summed E-state index contributed by atoms with van der Waals surface area (Å²) in [5.74, 6) is 0. The van der Waals surface area contributed by atoms with Crippen molar-refractivity contribution < 1.29 is 0 Å². The first kappa shape index (κ1) is 21.3. The molecule has 0 radical (unpaired) electrons. The van der Waals surface area contributed by atoms with Gasteiger partial charge in [-0.15, -0.1) is 11.6 Å². The molecular formula is C20H41Cl. The van der Waals surface area contributed by atoms with E-state index in [0.29, 0.717) is 0 Å². The van der Waals surface area contributed by atoms with Crippen LogP contribution in [-0.4, -0.2) is 4.87 Å². The van der Waals surface area contributed by atoms with Crippen LogP contribution in [0.2, 0.25) is 0 Å². The van der Waals surface area contributed by atoms with Gasteiger partial charge in [0.2, 0.25) is 0 Å². The number of hydrogen-bond acceptors (Lipinski definition) is 0. The molecule has 0 aliphatic rings. The molecule has 0 aromatic rings. The second-order valence-electron chi connectivity index (χ2n) is 8.43. The molecule has 0 rings (SSSR count). The van der Waals surface area contributed by atoms with E-state index in [0.717, 1.165) is 0 Å². The molecule has 0 aromatic heterocycles. The molecule has 0 aromatic carbocycles. The minimum absolute atomic E-state index is 0.135. The highest BCUT2D eigenvalue weighted by Crippen LogP contribution is 2.56. The van der Waals surface area contributed by atoms with Crippen LogP contribution in [0.1, 0.15) is 113 Å². The van der Waals surface area contributed by atoms with Crippen LogP contribution in [0.4, 0.5) is 0 Å². The van der Waals surface area contributed by atoms with Crippen LogP contribution in [0.15, 0.2) is 0 Å². The highest BCUT2D eigenvalue weighted by molar-refractivity contribution is 6.24. The van der Waals surface area contributed by atoms with Crippen LogP contribution in [-0.2, 0) is 0 Å². The van der Waals surface area contributed by atoms with Crippen molar-refractivity contribution in [2.24, 2.45) is 10.8 Å². The third-order valence-corrected chi connectivity index (χ3v) is 5.85. The fourth-order valence-electron chi connectivity index (χ4n) is 4.05. The lowest BCUT2D eigenvalue weighted by Gasteiger charge is -2.53. The number of halogens is 1. The van der Waals surface area contributed by atoms with Gasteiger partial charge in [0.1, 0.15) is 0 Å². The summed E-state index contributed by atoms with van der Waals surface area (Å²) < 4.78 is 0. The molecular weight excluding hydrogens is 276 g/mol. The van der Waals surface area contributed by atoms with E-state index in [1.165, 1.54) is 64.2 Å². The van der Waals surface area contributed by atoms with Gasteiger partial charge in [0.15, 0.2) is 0 Å². The molecule has 0 heterocycles. The minimum Gasteiger partial charge on any atom is -0.119 e. The Hall–Kier alpha value is 0.290. The topological polar surface area (TPSA) is 0 Å². The zero-order valence-corrected chi connectivity index (χ0v) is 16.7. The Balaban J connectivity index is 4.78. The smallest absolute Gasteiger partial charge is 0.0451 e. The van der Waals surface area contributed by atoms with Gasteiger partial charge >= 0.3 is 0 Å². The zero-order valence-electron chi connectivity index (χ0n) is 15.9. The van der Waals surface area contributed by atoms with Crippen molar-refractivity contribution in [1.29, 1.82) is 0 Å². The number of alkyl halides is 1. The second-order valence-corrected chi connectivity index (χ2v) is 9.37. The van der Waals surface area contributed by atoms with Crippen LogP contribution >= 0.6 is 11.6 Å². The largest absolute Gasteiger partial charge is 0.119 e. The maximum Gasteiger partial charge on any atom is 0.0451 e. The Morgan fingerprint density at radius 3 is 1.48 bits per heavy atom. The predicted molar refractivity (Wildman–Crippen MR) is 99.3 cm³/mol. The van der Waals surface area contributed by atoms with Crippen molar-refractivity contribution in [2.75, 3.05) is 0 Å². The third-order valence-electron chi connectivity index (χ3n) is 5.49. The first-order valence-electron chi connectivity index (χ1n) is 9.31.